The van der Waals surface area contributed by atoms with Crippen molar-refractivity contribution in [2.24, 2.45) is 5.92 Å². The van der Waals surface area contributed by atoms with Crippen molar-refractivity contribution in [3.8, 4) is 0 Å². The lowest BCUT2D eigenvalue weighted by Gasteiger charge is -2.39. The summed E-state index contributed by atoms with van der Waals surface area (Å²) in [6.45, 7) is 7.45. The van der Waals surface area contributed by atoms with E-state index in [4.69, 9.17) is 9.47 Å². The number of carbonyl (C=O) groups excluding carboxylic acids is 2. The number of likely N-dealkylation sites (N-methyl/N-ethyl adjacent to an activating group) is 1. The summed E-state index contributed by atoms with van der Waals surface area (Å²) in [6.07, 6.45) is -1.03. The molecule has 4 atom stereocenters. The van der Waals surface area contributed by atoms with E-state index in [1.54, 1.807) is 16.8 Å². The zero-order chi connectivity index (χ0) is 25.0. The first-order valence-electron chi connectivity index (χ1n) is 11.9. The Morgan fingerprint density at radius 1 is 1.21 bits per heavy atom. The van der Waals surface area contributed by atoms with Crippen molar-refractivity contribution < 1.29 is 34.4 Å². The van der Waals surface area contributed by atoms with Crippen LogP contribution in [0.15, 0.2) is 0 Å². The van der Waals surface area contributed by atoms with E-state index < -0.39 is 18.3 Å². The molecule has 0 spiro atoms. The lowest BCUT2D eigenvalue weighted by molar-refractivity contribution is -0.142. The molecule has 1 heterocycles. The van der Waals surface area contributed by atoms with Gasteiger partial charge in [0.25, 0.3) is 0 Å². The number of nitrogens with zero attached hydrogens (tertiary/aromatic N) is 3. The van der Waals surface area contributed by atoms with Crippen LogP contribution in [0, 0.1) is 5.92 Å². The first-order valence-corrected chi connectivity index (χ1v) is 11.9. The fourth-order valence-corrected chi connectivity index (χ4v) is 4.09. The molecular formula is C23H45N3O7. The fourth-order valence-electron chi connectivity index (χ4n) is 4.09. The highest BCUT2D eigenvalue weighted by molar-refractivity contribution is 5.79. The summed E-state index contributed by atoms with van der Waals surface area (Å²) in [7, 11) is 3.22. The van der Waals surface area contributed by atoms with Gasteiger partial charge in [-0.2, -0.15) is 0 Å². The second-order valence-corrected chi connectivity index (χ2v) is 9.37. The molecule has 0 saturated carbocycles. The van der Waals surface area contributed by atoms with Gasteiger partial charge in [0.05, 0.1) is 19.8 Å². The first kappa shape index (κ1) is 29.7. The van der Waals surface area contributed by atoms with E-state index in [-0.39, 0.29) is 44.2 Å². The van der Waals surface area contributed by atoms with Crippen LogP contribution in [0.5, 0.6) is 0 Å². The molecular weight excluding hydrogens is 430 g/mol. The average molecular weight is 476 g/mol. The quantitative estimate of drug-likeness (QED) is 0.453. The smallest absolute Gasteiger partial charge is 0.237 e. The van der Waals surface area contributed by atoms with Gasteiger partial charge < -0.3 is 34.6 Å². The van der Waals surface area contributed by atoms with Gasteiger partial charge in [-0.05, 0) is 32.2 Å². The molecule has 0 radical (unpaired) electrons. The number of rotatable bonds is 7. The van der Waals surface area contributed by atoms with Crippen LogP contribution in [0.25, 0.3) is 0 Å². The molecule has 0 aromatic carbocycles. The average Bonchev–Trinajstić information content (AvgIpc) is 2.73. The number of carbonyl (C=O) groups is 2. The van der Waals surface area contributed by atoms with Crippen molar-refractivity contribution in [1.29, 1.82) is 0 Å². The topological polar surface area (TPSA) is 123 Å². The molecule has 0 unspecified atom stereocenters. The summed E-state index contributed by atoms with van der Waals surface area (Å²) in [4.78, 5) is 31.0. The molecule has 33 heavy (non-hydrogen) atoms. The third-order valence-corrected chi connectivity index (χ3v) is 5.97. The Morgan fingerprint density at radius 2 is 1.91 bits per heavy atom. The van der Waals surface area contributed by atoms with E-state index in [1.165, 1.54) is 14.0 Å². The van der Waals surface area contributed by atoms with E-state index in [1.807, 2.05) is 4.90 Å². The molecule has 1 aliphatic heterocycles. The second kappa shape index (κ2) is 15.6. The fraction of sp³-hybridized carbons (Fsp3) is 0.913. The van der Waals surface area contributed by atoms with Crippen molar-refractivity contribution >= 4 is 11.8 Å². The Balaban J connectivity index is 3.22. The maximum atomic E-state index is 13.3. The molecule has 1 aliphatic rings. The molecule has 1 rings (SSSR count). The summed E-state index contributed by atoms with van der Waals surface area (Å²) < 4.78 is 10.9. The molecule has 0 aliphatic carbocycles. The summed E-state index contributed by atoms with van der Waals surface area (Å²) >= 11 is 0. The number of ether oxygens (including phenoxy) is 2. The molecule has 10 heteroatoms. The standard InChI is InChI=1S/C23H45N3O7/c1-17(2)12-19-13-25(18(3)28)14-21(32-5)23(31)20(29)16-33-11-7-6-8-26(19)22(30)15-24(4)9-10-27/h17,19-21,23,27,29,31H,6-16H2,1-5H3/t19-,20+,21+,23+/m0/s1. The molecule has 0 aromatic rings. The largest absolute Gasteiger partial charge is 0.395 e. The van der Waals surface area contributed by atoms with E-state index in [2.05, 4.69) is 13.8 Å². The van der Waals surface area contributed by atoms with E-state index in [9.17, 15) is 24.9 Å². The second-order valence-electron chi connectivity index (χ2n) is 9.37. The number of hydrogen-bond donors (Lipinski definition) is 3. The number of aliphatic hydroxyl groups excluding tert-OH is 3. The normalized spacial score (nSPS) is 26.5. The third-order valence-electron chi connectivity index (χ3n) is 5.97. The van der Waals surface area contributed by atoms with Gasteiger partial charge in [0.1, 0.15) is 18.3 Å². The highest BCUT2D eigenvalue weighted by atomic mass is 16.5. The number of hydrogen-bond acceptors (Lipinski definition) is 8. The molecule has 2 amide bonds. The van der Waals surface area contributed by atoms with Crippen LogP contribution in [0.1, 0.15) is 40.0 Å². The van der Waals surface area contributed by atoms with Gasteiger partial charge in [0.15, 0.2) is 0 Å². The highest BCUT2D eigenvalue weighted by Gasteiger charge is 2.32. The van der Waals surface area contributed by atoms with Crippen LogP contribution in [-0.2, 0) is 19.1 Å². The number of aliphatic hydroxyl groups is 3. The molecule has 1 saturated heterocycles. The predicted molar refractivity (Wildman–Crippen MR) is 125 cm³/mol. The molecule has 1 fully saturated rings. The minimum Gasteiger partial charge on any atom is -0.395 e. The maximum Gasteiger partial charge on any atom is 0.237 e. The minimum absolute atomic E-state index is 0.0265. The van der Waals surface area contributed by atoms with Gasteiger partial charge in [0, 0.05) is 52.9 Å². The van der Waals surface area contributed by atoms with Crippen LogP contribution in [-0.4, -0.2) is 133 Å². The minimum atomic E-state index is -1.21. The number of amides is 2. The van der Waals surface area contributed by atoms with Gasteiger partial charge in [0.2, 0.25) is 11.8 Å². The van der Waals surface area contributed by atoms with Gasteiger partial charge in [-0.15, -0.1) is 0 Å². The van der Waals surface area contributed by atoms with Gasteiger partial charge in [-0.1, -0.05) is 13.8 Å². The Bertz CT molecular complexity index is 578. The van der Waals surface area contributed by atoms with Crippen molar-refractivity contribution in [3.63, 3.8) is 0 Å². The monoisotopic (exact) mass is 475 g/mol. The van der Waals surface area contributed by atoms with Crippen LogP contribution >= 0.6 is 0 Å². The summed E-state index contributed by atoms with van der Waals surface area (Å²) in [5.41, 5.74) is 0. The molecule has 0 aromatic heterocycles. The van der Waals surface area contributed by atoms with Crippen LogP contribution in [0.3, 0.4) is 0 Å². The molecule has 10 nitrogen and oxygen atoms in total. The van der Waals surface area contributed by atoms with Gasteiger partial charge >= 0.3 is 0 Å². The van der Waals surface area contributed by atoms with Crippen LogP contribution in [0.4, 0.5) is 0 Å². The van der Waals surface area contributed by atoms with Gasteiger partial charge in [-0.3, -0.25) is 14.5 Å². The SMILES string of the molecule is CO[C@@H]1CN(C(C)=O)C[C@H](CC(C)C)N(C(=O)CN(C)CCO)CCCCOC[C@@H](O)[C@H]1O. The Hall–Kier alpha value is -1.30. The van der Waals surface area contributed by atoms with Crippen molar-refractivity contribution in [3.05, 3.63) is 0 Å². The summed E-state index contributed by atoms with van der Waals surface area (Å²) in [6, 6.07) is -0.215. The Labute approximate surface area is 198 Å². The molecule has 0 bridgehead atoms. The van der Waals surface area contributed by atoms with E-state index in [0.717, 1.165) is 0 Å². The summed E-state index contributed by atoms with van der Waals surface area (Å²) in [5.74, 6) is 0.0506. The van der Waals surface area contributed by atoms with Crippen molar-refractivity contribution in [1.82, 2.24) is 14.7 Å². The van der Waals surface area contributed by atoms with Gasteiger partial charge in [-0.25, -0.2) is 0 Å². The van der Waals surface area contributed by atoms with E-state index >= 15 is 0 Å². The molecule has 194 valence electrons. The van der Waals surface area contributed by atoms with Crippen molar-refractivity contribution in [2.45, 2.75) is 64.4 Å². The zero-order valence-corrected chi connectivity index (χ0v) is 21.0. The third kappa shape index (κ3) is 10.7. The predicted octanol–water partition coefficient (Wildman–Crippen LogP) is -0.450. The Kier molecular flexibility index (Phi) is 14.0. The first-order chi connectivity index (χ1) is 15.6. The van der Waals surface area contributed by atoms with E-state index in [0.29, 0.717) is 51.4 Å². The zero-order valence-electron chi connectivity index (χ0n) is 21.0. The van der Waals surface area contributed by atoms with Crippen molar-refractivity contribution in [2.75, 3.05) is 66.7 Å². The molecule has 3 N–H and O–H groups in total. The highest BCUT2D eigenvalue weighted by Crippen LogP contribution is 2.18. The summed E-state index contributed by atoms with van der Waals surface area (Å²) in [5, 5.41) is 30.1. The van der Waals surface area contributed by atoms with Crippen LogP contribution in [0.2, 0.25) is 0 Å². The van der Waals surface area contributed by atoms with Crippen LogP contribution < -0.4 is 0 Å². The Morgan fingerprint density at radius 3 is 2.48 bits per heavy atom. The number of methoxy groups -OCH3 is 1. The maximum absolute atomic E-state index is 13.3. The lowest BCUT2D eigenvalue weighted by atomic mass is 10.00. The lowest BCUT2D eigenvalue weighted by Crippen LogP contribution is -2.54.